The van der Waals surface area contributed by atoms with Crippen molar-refractivity contribution >= 4 is 0 Å². The molecule has 1 unspecified atom stereocenters. The molecule has 55 heavy (non-hydrogen) atoms. The van der Waals surface area contributed by atoms with E-state index in [0.717, 1.165) is 42.7 Å². The molecular formula is C52H82O3. The Bertz CT molecular complexity index is 1130. The van der Waals surface area contributed by atoms with E-state index in [0.29, 0.717) is 13.2 Å². The predicted molar refractivity (Wildman–Crippen MR) is 237 cm³/mol. The van der Waals surface area contributed by atoms with Gasteiger partial charge in [-0.15, -0.1) is 0 Å². The van der Waals surface area contributed by atoms with Crippen molar-refractivity contribution in [3.05, 3.63) is 108 Å². The van der Waals surface area contributed by atoms with Gasteiger partial charge in [0.05, 0.1) is 13.2 Å². The predicted octanol–water partition coefficient (Wildman–Crippen LogP) is 15.6. The van der Waals surface area contributed by atoms with Crippen LogP contribution in [-0.4, -0.2) is 32.5 Å². The molecule has 0 amide bonds. The maximum absolute atomic E-state index is 7.19. The van der Waals surface area contributed by atoms with Crippen LogP contribution in [0.5, 0.6) is 0 Å². The van der Waals surface area contributed by atoms with E-state index in [9.17, 15) is 0 Å². The normalized spacial score (nSPS) is 12.3. The lowest BCUT2D eigenvalue weighted by Gasteiger charge is -2.37. The van der Waals surface area contributed by atoms with Crippen molar-refractivity contribution < 1.29 is 14.2 Å². The molecule has 0 radical (unpaired) electrons. The average Bonchev–Trinajstić information content (AvgIpc) is 3.23. The van der Waals surface area contributed by atoms with Crippen molar-refractivity contribution in [1.29, 1.82) is 0 Å². The summed E-state index contributed by atoms with van der Waals surface area (Å²) in [5.74, 6) is 0. The molecule has 3 aromatic rings. The molecule has 0 fully saturated rings. The topological polar surface area (TPSA) is 27.7 Å². The average molecular weight is 755 g/mol. The molecule has 0 aliphatic rings. The molecule has 0 aliphatic carbocycles. The van der Waals surface area contributed by atoms with E-state index >= 15 is 0 Å². The number of rotatable bonds is 37. The van der Waals surface area contributed by atoms with Crippen LogP contribution in [0.4, 0.5) is 0 Å². The van der Waals surface area contributed by atoms with Crippen molar-refractivity contribution in [2.75, 3.05) is 26.4 Å². The summed E-state index contributed by atoms with van der Waals surface area (Å²) in [6.07, 6.45) is 35.1. The highest BCUT2D eigenvalue weighted by Gasteiger charge is 2.38. The molecule has 0 aromatic heterocycles. The molecule has 3 aromatic carbocycles. The molecule has 3 rings (SSSR count). The number of unbranched alkanes of at least 4 members (excludes halogenated alkanes) is 24. The Morgan fingerprint density at radius 2 is 0.673 bits per heavy atom. The monoisotopic (exact) mass is 755 g/mol. The summed E-state index contributed by atoms with van der Waals surface area (Å²) >= 11 is 0. The van der Waals surface area contributed by atoms with Crippen LogP contribution in [0, 0.1) is 0 Å². The van der Waals surface area contributed by atoms with Gasteiger partial charge in [-0.3, -0.25) is 0 Å². The molecule has 0 saturated heterocycles. The number of benzene rings is 3. The lowest BCUT2D eigenvalue weighted by atomic mass is 9.80. The summed E-state index contributed by atoms with van der Waals surface area (Å²) < 4.78 is 20.1. The summed E-state index contributed by atoms with van der Waals surface area (Å²) in [5.41, 5.74) is 2.61. The van der Waals surface area contributed by atoms with Crippen molar-refractivity contribution in [1.82, 2.24) is 0 Å². The Hall–Kier alpha value is -2.46. The molecule has 3 nitrogen and oxygen atoms in total. The van der Waals surface area contributed by atoms with E-state index in [1.54, 1.807) is 0 Å². The summed E-state index contributed by atoms with van der Waals surface area (Å²) in [7, 11) is 0. The van der Waals surface area contributed by atoms with Crippen LogP contribution in [0.25, 0.3) is 0 Å². The summed E-state index contributed by atoms with van der Waals surface area (Å²) in [6, 6.07) is 32.0. The molecule has 0 saturated carbocycles. The Labute approximate surface area is 339 Å². The first-order valence-electron chi connectivity index (χ1n) is 23.3. The second-order valence-corrected chi connectivity index (χ2v) is 16.1. The van der Waals surface area contributed by atoms with E-state index in [-0.39, 0.29) is 6.10 Å². The van der Waals surface area contributed by atoms with Crippen molar-refractivity contribution in [3.63, 3.8) is 0 Å². The van der Waals surface area contributed by atoms with Gasteiger partial charge in [0.25, 0.3) is 0 Å². The van der Waals surface area contributed by atoms with Crippen molar-refractivity contribution in [2.24, 2.45) is 0 Å². The van der Waals surface area contributed by atoms with Crippen LogP contribution in [0.3, 0.4) is 0 Å². The van der Waals surface area contributed by atoms with Gasteiger partial charge < -0.3 is 14.2 Å². The van der Waals surface area contributed by atoms with Crippen LogP contribution in [0.1, 0.15) is 197 Å². The van der Waals surface area contributed by atoms with Gasteiger partial charge in [0.15, 0.2) is 0 Å². The number of ether oxygens (including phenoxy) is 3. The first-order valence-corrected chi connectivity index (χ1v) is 23.3. The maximum atomic E-state index is 7.19. The molecule has 0 aliphatic heterocycles. The Morgan fingerprint density at radius 3 is 1.02 bits per heavy atom. The van der Waals surface area contributed by atoms with Gasteiger partial charge in [-0.2, -0.15) is 0 Å². The lowest BCUT2D eigenvalue weighted by Crippen LogP contribution is -2.37. The van der Waals surface area contributed by atoms with Gasteiger partial charge in [0, 0.05) is 13.2 Å². The van der Waals surface area contributed by atoms with Crippen LogP contribution < -0.4 is 0 Å². The fourth-order valence-corrected chi connectivity index (χ4v) is 7.94. The third-order valence-electron chi connectivity index (χ3n) is 11.3. The zero-order valence-corrected chi connectivity index (χ0v) is 35.7. The Morgan fingerprint density at radius 1 is 0.364 bits per heavy atom. The smallest absolute Gasteiger partial charge is 0.143 e. The van der Waals surface area contributed by atoms with Gasteiger partial charge in [0.2, 0.25) is 0 Å². The highest BCUT2D eigenvalue weighted by atomic mass is 16.6. The van der Waals surface area contributed by atoms with Gasteiger partial charge in [-0.05, 0) is 29.5 Å². The molecule has 0 heterocycles. The SMILES string of the molecule is CCCCCCCCCCCCCCCCOCC(COC(c1ccccc1)(c1ccccc1)c1ccccc1)OCCCCCCCCCCCCCC. The molecular weight excluding hydrogens is 673 g/mol. The quantitative estimate of drug-likeness (QED) is 0.0433. The lowest BCUT2D eigenvalue weighted by molar-refractivity contribution is -0.0923. The highest BCUT2D eigenvalue weighted by Crippen LogP contribution is 2.40. The van der Waals surface area contributed by atoms with E-state index in [2.05, 4.69) is 105 Å². The zero-order chi connectivity index (χ0) is 38.8. The number of hydrogen-bond acceptors (Lipinski definition) is 3. The summed E-state index contributed by atoms with van der Waals surface area (Å²) in [6.45, 7) is 7.15. The van der Waals surface area contributed by atoms with Crippen LogP contribution in [-0.2, 0) is 19.8 Å². The van der Waals surface area contributed by atoms with Crippen LogP contribution in [0.2, 0.25) is 0 Å². The Kier molecular flexibility index (Phi) is 27.8. The van der Waals surface area contributed by atoms with Gasteiger partial charge >= 0.3 is 0 Å². The van der Waals surface area contributed by atoms with E-state index in [1.807, 2.05) is 0 Å². The summed E-state index contributed by atoms with van der Waals surface area (Å²) in [5, 5.41) is 0. The van der Waals surface area contributed by atoms with E-state index < -0.39 is 5.60 Å². The molecule has 3 heteroatoms. The largest absolute Gasteiger partial charge is 0.379 e. The first-order chi connectivity index (χ1) is 27.3. The minimum atomic E-state index is -0.754. The first kappa shape index (κ1) is 46.9. The number of hydrogen-bond donors (Lipinski definition) is 0. The molecule has 0 spiro atoms. The minimum Gasteiger partial charge on any atom is -0.379 e. The van der Waals surface area contributed by atoms with Crippen molar-refractivity contribution in [3.8, 4) is 0 Å². The fourth-order valence-electron chi connectivity index (χ4n) is 7.94. The standard InChI is InChI=1S/C52H82O3/c1-3-5-7-9-11-13-15-17-18-19-21-23-25-36-44-53-46-51(54-45-37-26-24-22-20-16-14-12-10-8-6-4-2)47-55-52(48-38-30-27-31-39-48,49-40-32-28-33-41-49)50-42-34-29-35-43-50/h27-35,38-43,51H,3-26,36-37,44-47H2,1-2H3. The Balaban J connectivity index is 1.47. The zero-order valence-electron chi connectivity index (χ0n) is 35.7. The third-order valence-corrected chi connectivity index (χ3v) is 11.3. The fraction of sp³-hybridized carbons (Fsp3) is 0.654. The van der Waals surface area contributed by atoms with E-state index in [4.69, 9.17) is 14.2 Å². The van der Waals surface area contributed by atoms with Gasteiger partial charge in [-0.1, -0.05) is 259 Å². The summed E-state index contributed by atoms with van der Waals surface area (Å²) in [4.78, 5) is 0. The van der Waals surface area contributed by atoms with Crippen LogP contribution in [0.15, 0.2) is 91.0 Å². The van der Waals surface area contributed by atoms with Crippen LogP contribution >= 0.6 is 0 Å². The highest BCUT2D eigenvalue weighted by molar-refractivity contribution is 5.47. The second-order valence-electron chi connectivity index (χ2n) is 16.1. The molecule has 1 atom stereocenters. The second kappa shape index (κ2) is 32.6. The molecule has 0 bridgehead atoms. The maximum Gasteiger partial charge on any atom is 0.143 e. The minimum absolute atomic E-state index is 0.130. The van der Waals surface area contributed by atoms with E-state index in [1.165, 1.54) is 154 Å². The molecule has 308 valence electrons. The van der Waals surface area contributed by atoms with Gasteiger partial charge in [0.1, 0.15) is 11.7 Å². The van der Waals surface area contributed by atoms with Crippen molar-refractivity contribution in [2.45, 2.75) is 192 Å². The van der Waals surface area contributed by atoms with Gasteiger partial charge in [-0.25, -0.2) is 0 Å². The molecule has 0 N–H and O–H groups in total. The third kappa shape index (κ3) is 20.5.